The predicted octanol–water partition coefficient (Wildman–Crippen LogP) is 14.1. The highest BCUT2D eigenvalue weighted by atomic mass is 15.1. The number of benzene rings is 8. The van der Waals surface area contributed by atoms with E-state index in [0.29, 0.717) is 0 Å². The number of hydrogen-bond donors (Lipinski definition) is 0. The van der Waals surface area contributed by atoms with Crippen molar-refractivity contribution in [1.82, 2.24) is 4.57 Å². The Hall–Kier alpha value is -6.64. The van der Waals surface area contributed by atoms with Gasteiger partial charge in [0.1, 0.15) is 0 Å². The fourth-order valence-corrected chi connectivity index (χ4v) is 8.06. The molecule has 0 bridgehead atoms. The third-order valence-electron chi connectivity index (χ3n) is 10.6. The Morgan fingerprint density at radius 3 is 1.85 bits per heavy atom. The fourth-order valence-electron chi connectivity index (χ4n) is 8.06. The van der Waals surface area contributed by atoms with Crippen molar-refractivity contribution in [1.29, 1.82) is 0 Å². The average molecular weight is 665 g/mol. The van der Waals surface area contributed by atoms with Crippen molar-refractivity contribution >= 4 is 66.1 Å². The van der Waals surface area contributed by atoms with Gasteiger partial charge < -0.3 is 9.47 Å². The second-order valence-corrected chi connectivity index (χ2v) is 13.7. The first-order chi connectivity index (χ1) is 25.8. The van der Waals surface area contributed by atoms with Gasteiger partial charge in [0, 0.05) is 33.2 Å². The standard InChI is InChI=1S/C50H36N2/c1-3-12-35(13-4-1)37-24-29-43(30-25-37)51(44-31-26-38(27-32-44)41-23-22-36-14-7-8-15-40(36)34-41)48-21-11-16-39-28-33-46-45-19-9-10-20-47(45)52(50(46)49(39)48)42-17-5-2-6-18-42/h1,3-5,7-34H,2,6H2. The molecule has 52 heavy (non-hydrogen) atoms. The SMILES string of the molecule is C1=CC(n2c3ccccc3c3ccc4cccc(N(c5ccc(-c6ccccc6)cc5)c5ccc(-c6ccc7ccccc7c6)cc5)c4c32)=CCC1. The summed E-state index contributed by atoms with van der Waals surface area (Å²) in [7, 11) is 0. The zero-order valence-electron chi connectivity index (χ0n) is 28.8. The molecule has 0 saturated carbocycles. The molecule has 1 aromatic heterocycles. The molecule has 1 heterocycles. The van der Waals surface area contributed by atoms with E-state index < -0.39 is 0 Å². The Labute approximate surface area is 303 Å². The molecule has 1 aliphatic carbocycles. The van der Waals surface area contributed by atoms with E-state index in [9.17, 15) is 0 Å². The molecule has 1 aliphatic rings. The molecular weight excluding hydrogens is 629 g/mol. The van der Waals surface area contributed by atoms with Crippen LogP contribution in [0.25, 0.3) is 71.3 Å². The topological polar surface area (TPSA) is 8.17 Å². The molecule has 0 fully saturated rings. The van der Waals surface area contributed by atoms with Gasteiger partial charge >= 0.3 is 0 Å². The van der Waals surface area contributed by atoms with Crippen LogP contribution < -0.4 is 4.90 Å². The van der Waals surface area contributed by atoms with Gasteiger partial charge in [-0.1, -0.05) is 146 Å². The van der Waals surface area contributed by atoms with Crippen LogP contribution in [0.1, 0.15) is 12.8 Å². The summed E-state index contributed by atoms with van der Waals surface area (Å²) in [6.45, 7) is 0. The van der Waals surface area contributed by atoms with Crippen LogP contribution in [0.5, 0.6) is 0 Å². The smallest absolute Gasteiger partial charge is 0.0640 e. The highest BCUT2D eigenvalue weighted by Gasteiger charge is 2.22. The van der Waals surface area contributed by atoms with Crippen LogP contribution >= 0.6 is 0 Å². The number of nitrogens with zero attached hydrogens (tertiary/aromatic N) is 2. The van der Waals surface area contributed by atoms with Crippen molar-refractivity contribution < 1.29 is 0 Å². The minimum atomic E-state index is 1.04. The molecule has 10 rings (SSSR count). The zero-order valence-corrected chi connectivity index (χ0v) is 28.8. The maximum atomic E-state index is 2.49. The van der Waals surface area contributed by atoms with Crippen LogP contribution in [0, 0.1) is 0 Å². The fraction of sp³-hybridized carbons (Fsp3) is 0.0400. The number of hydrogen-bond acceptors (Lipinski definition) is 1. The highest BCUT2D eigenvalue weighted by Crippen LogP contribution is 2.45. The number of aromatic nitrogens is 1. The van der Waals surface area contributed by atoms with Crippen LogP contribution in [0.3, 0.4) is 0 Å². The van der Waals surface area contributed by atoms with Crippen LogP contribution in [0.4, 0.5) is 17.1 Å². The van der Waals surface area contributed by atoms with E-state index in [1.54, 1.807) is 0 Å². The van der Waals surface area contributed by atoms with Crippen molar-refractivity contribution in [3.63, 3.8) is 0 Å². The van der Waals surface area contributed by atoms with Gasteiger partial charge in [0.25, 0.3) is 0 Å². The summed E-state index contributed by atoms with van der Waals surface area (Å²) in [6, 6.07) is 64.2. The third-order valence-corrected chi connectivity index (χ3v) is 10.6. The van der Waals surface area contributed by atoms with Gasteiger partial charge in [-0.2, -0.15) is 0 Å². The van der Waals surface area contributed by atoms with Crippen LogP contribution in [-0.2, 0) is 0 Å². The second kappa shape index (κ2) is 12.6. The lowest BCUT2D eigenvalue weighted by atomic mass is 9.99. The van der Waals surface area contributed by atoms with E-state index in [1.807, 2.05) is 0 Å². The zero-order chi connectivity index (χ0) is 34.4. The molecule has 0 N–H and O–H groups in total. The summed E-state index contributed by atoms with van der Waals surface area (Å²) < 4.78 is 2.49. The molecule has 0 saturated heterocycles. The van der Waals surface area contributed by atoms with E-state index in [4.69, 9.17) is 0 Å². The monoisotopic (exact) mass is 664 g/mol. The van der Waals surface area contributed by atoms with E-state index in [-0.39, 0.29) is 0 Å². The Morgan fingerprint density at radius 2 is 1.08 bits per heavy atom. The van der Waals surface area contributed by atoms with Gasteiger partial charge in [0.15, 0.2) is 0 Å². The minimum absolute atomic E-state index is 1.04. The van der Waals surface area contributed by atoms with Crippen molar-refractivity contribution in [3.8, 4) is 22.3 Å². The average Bonchev–Trinajstić information content (AvgIpc) is 3.57. The molecule has 2 heteroatoms. The number of para-hydroxylation sites is 1. The number of allylic oxidation sites excluding steroid dienone is 4. The van der Waals surface area contributed by atoms with E-state index >= 15 is 0 Å². The number of rotatable bonds is 6. The molecule has 0 atom stereocenters. The molecule has 2 nitrogen and oxygen atoms in total. The summed E-state index contributed by atoms with van der Waals surface area (Å²) in [5.41, 5.74) is 11.9. The Balaban J connectivity index is 1.20. The summed E-state index contributed by atoms with van der Waals surface area (Å²) in [5, 5.41) is 7.50. The first-order valence-corrected chi connectivity index (χ1v) is 18.2. The normalized spacial score (nSPS) is 12.9. The molecule has 0 unspecified atom stereocenters. The first kappa shape index (κ1) is 30.2. The molecule has 9 aromatic rings. The number of anilines is 3. The van der Waals surface area contributed by atoms with Gasteiger partial charge in [0.2, 0.25) is 0 Å². The Bertz CT molecular complexity index is 2820. The molecule has 0 aliphatic heterocycles. The van der Waals surface area contributed by atoms with E-state index in [2.05, 4.69) is 204 Å². The summed E-state index contributed by atoms with van der Waals surface area (Å²) in [4.78, 5) is 2.44. The Kier molecular flexibility index (Phi) is 7.32. The molecule has 246 valence electrons. The van der Waals surface area contributed by atoms with Crippen LogP contribution in [0.2, 0.25) is 0 Å². The van der Waals surface area contributed by atoms with Crippen LogP contribution in [0.15, 0.2) is 194 Å². The molecule has 0 radical (unpaired) electrons. The lowest BCUT2D eigenvalue weighted by molar-refractivity contribution is 1.02. The molecule has 0 spiro atoms. The lowest BCUT2D eigenvalue weighted by Crippen LogP contribution is -2.11. The summed E-state index contributed by atoms with van der Waals surface area (Å²) >= 11 is 0. The lowest BCUT2D eigenvalue weighted by Gasteiger charge is -2.28. The summed E-state index contributed by atoms with van der Waals surface area (Å²) in [6.07, 6.45) is 9.11. The minimum Gasteiger partial charge on any atom is -0.310 e. The van der Waals surface area contributed by atoms with Crippen molar-refractivity contribution in [3.05, 3.63) is 194 Å². The van der Waals surface area contributed by atoms with Crippen molar-refractivity contribution in [2.45, 2.75) is 12.8 Å². The second-order valence-electron chi connectivity index (χ2n) is 13.7. The van der Waals surface area contributed by atoms with Gasteiger partial charge in [-0.25, -0.2) is 0 Å². The quantitative estimate of drug-likeness (QED) is 0.172. The van der Waals surface area contributed by atoms with E-state index in [0.717, 1.165) is 29.9 Å². The highest BCUT2D eigenvalue weighted by molar-refractivity contribution is 6.23. The van der Waals surface area contributed by atoms with Crippen molar-refractivity contribution in [2.75, 3.05) is 4.90 Å². The van der Waals surface area contributed by atoms with Gasteiger partial charge in [-0.05, 0) is 99.8 Å². The molecular formula is C50H36N2. The van der Waals surface area contributed by atoms with Gasteiger partial charge in [0.05, 0.1) is 16.7 Å². The number of fused-ring (bicyclic) bond motifs is 6. The van der Waals surface area contributed by atoms with Gasteiger partial charge in [-0.15, -0.1) is 0 Å². The molecule has 8 aromatic carbocycles. The first-order valence-electron chi connectivity index (χ1n) is 18.2. The van der Waals surface area contributed by atoms with E-state index in [1.165, 1.54) is 71.3 Å². The predicted molar refractivity (Wildman–Crippen MR) is 223 cm³/mol. The van der Waals surface area contributed by atoms with Crippen LogP contribution in [-0.4, -0.2) is 4.57 Å². The largest absolute Gasteiger partial charge is 0.310 e. The maximum Gasteiger partial charge on any atom is 0.0640 e. The van der Waals surface area contributed by atoms with Crippen molar-refractivity contribution in [2.24, 2.45) is 0 Å². The van der Waals surface area contributed by atoms with Gasteiger partial charge in [-0.3, -0.25) is 0 Å². The third kappa shape index (κ3) is 5.11. The Morgan fingerprint density at radius 1 is 0.442 bits per heavy atom. The maximum absolute atomic E-state index is 2.49. The molecule has 0 amide bonds. The summed E-state index contributed by atoms with van der Waals surface area (Å²) in [5.74, 6) is 0.